The second kappa shape index (κ2) is 19.4. The maximum absolute atomic E-state index is 12.7. The van der Waals surface area contributed by atoms with Crippen molar-refractivity contribution in [3.63, 3.8) is 0 Å². The van der Waals surface area contributed by atoms with Crippen molar-refractivity contribution in [1.82, 2.24) is 10.2 Å². The van der Waals surface area contributed by atoms with Crippen molar-refractivity contribution in [3.05, 3.63) is 0 Å². The molecule has 39 heavy (non-hydrogen) atoms. The van der Waals surface area contributed by atoms with E-state index in [9.17, 15) is 14.4 Å². The SMILES string of the molecule is CCCCC(C)(C)CC(=O)OCC(C)(COC(=O)CCNCCCN(C)C)COC(=O)CC(C)(C)CCCC. The Hall–Kier alpha value is -1.67. The lowest BCUT2D eigenvalue weighted by Crippen LogP contribution is -2.38. The van der Waals surface area contributed by atoms with E-state index >= 15 is 0 Å². The van der Waals surface area contributed by atoms with E-state index in [1.807, 2.05) is 21.0 Å². The molecule has 0 aromatic heterocycles. The molecular formula is C31H60N2O6. The monoisotopic (exact) mass is 556 g/mol. The molecule has 0 rings (SSSR count). The van der Waals surface area contributed by atoms with Gasteiger partial charge in [-0.3, -0.25) is 14.4 Å². The number of esters is 3. The van der Waals surface area contributed by atoms with E-state index in [1.165, 1.54) is 0 Å². The molecule has 0 fully saturated rings. The molecule has 230 valence electrons. The Bertz CT molecular complexity index is 667. The molecule has 0 heterocycles. The van der Waals surface area contributed by atoms with Crippen LogP contribution in [0.15, 0.2) is 0 Å². The van der Waals surface area contributed by atoms with Gasteiger partial charge in [-0.2, -0.15) is 0 Å². The summed E-state index contributed by atoms with van der Waals surface area (Å²) in [6, 6.07) is 0. The largest absolute Gasteiger partial charge is 0.465 e. The van der Waals surface area contributed by atoms with Crippen LogP contribution in [0.3, 0.4) is 0 Å². The van der Waals surface area contributed by atoms with Crippen LogP contribution < -0.4 is 5.32 Å². The van der Waals surface area contributed by atoms with Crippen LogP contribution in [0.25, 0.3) is 0 Å². The topological polar surface area (TPSA) is 94.2 Å². The van der Waals surface area contributed by atoms with Crippen LogP contribution in [-0.4, -0.2) is 76.4 Å². The van der Waals surface area contributed by atoms with Gasteiger partial charge in [0.2, 0.25) is 0 Å². The third kappa shape index (κ3) is 20.8. The molecule has 0 aliphatic carbocycles. The highest BCUT2D eigenvalue weighted by atomic mass is 16.6. The molecular weight excluding hydrogens is 496 g/mol. The van der Waals surface area contributed by atoms with Crippen LogP contribution in [0, 0.1) is 16.2 Å². The number of unbranched alkanes of at least 4 members (excludes halogenated alkanes) is 2. The molecule has 1 N–H and O–H groups in total. The number of ether oxygens (including phenoxy) is 3. The first-order valence-electron chi connectivity index (χ1n) is 15.0. The van der Waals surface area contributed by atoms with Crippen LogP contribution in [0.4, 0.5) is 0 Å². The van der Waals surface area contributed by atoms with Crippen molar-refractivity contribution in [2.24, 2.45) is 16.2 Å². The van der Waals surface area contributed by atoms with E-state index < -0.39 is 5.41 Å². The summed E-state index contributed by atoms with van der Waals surface area (Å²) in [6.07, 6.45) is 8.04. The molecule has 8 heteroatoms. The maximum atomic E-state index is 12.7. The molecule has 0 unspecified atom stereocenters. The second-order valence-corrected chi connectivity index (χ2v) is 13.3. The summed E-state index contributed by atoms with van der Waals surface area (Å²) in [5.41, 5.74) is -1.13. The molecule has 0 aliphatic heterocycles. The number of hydrogen-bond acceptors (Lipinski definition) is 8. The van der Waals surface area contributed by atoms with Gasteiger partial charge in [0.1, 0.15) is 19.8 Å². The van der Waals surface area contributed by atoms with Gasteiger partial charge in [0.05, 0.1) is 24.7 Å². The van der Waals surface area contributed by atoms with Gasteiger partial charge < -0.3 is 24.4 Å². The summed E-state index contributed by atoms with van der Waals surface area (Å²) >= 11 is 0. The highest BCUT2D eigenvalue weighted by Gasteiger charge is 2.33. The van der Waals surface area contributed by atoms with Crippen LogP contribution in [0.2, 0.25) is 0 Å². The Morgan fingerprint density at radius 3 is 1.51 bits per heavy atom. The number of nitrogens with one attached hydrogen (secondary N) is 1. The van der Waals surface area contributed by atoms with E-state index in [4.69, 9.17) is 14.2 Å². The average Bonchev–Trinajstić information content (AvgIpc) is 2.84. The van der Waals surface area contributed by atoms with Gasteiger partial charge in [-0.1, -0.05) is 67.2 Å². The van der Waals surface area contributed by atoms with Crippen molar-refractivity contribution in [2.45, 2.75) is 113 Å². The predicted molar refractivity (Wildman–Crippen MR) is 157 cm³/mol. The molecule has 8 nitrogen and oxygen atoms in total. The number of hydrogen-bond donors (Lipinski definition) is 1. The van der Waals surface area contributed by atoms with E-state index in [0.717, 1.165) is 58.0 Å². The minimum Gasteiger partial charge on any atom is -0.465 e. The zero-order valence-corrected chi connectivity index (χ0v) is 26.7. The maximum Gasteiger partial charge on any atom is 0.307 e. The fourth-order valence-corrected chi connectivity index (χ4v) is 4.17. The molecule has 0 aromatic carbocycles. The Morgan fingerprint density at radius 2 is 1.10 bits per heavy atom. The summed E-state index contributed by atoms with van der Waals surface area (Å²) in [4.78, 5) is 39.8. The zero-order valence-electron chi connectivity index (χ0n) is 26.7. The standard InChI is InChI=1S/C31H60N2O6/c1-10-12-16-29(3,4)21-27(35)38-24-31(7,25-39-28(36)22-30(5,6)17-13-11-2)23-37-26(34)15-19-32-18-14-20-33(8)9/h32H,10-25H2,1-9H3. The van der Waals surface area contributed by atoms with Crippen LogP contribution >= 0.6 is 0 Å². The van der Waals surface area contributed by atoms with Crippen molar-refractivity contribution in [1.29, 1.82) is 0 Å². The van der Waals surface area contributed by atoms with Gasteiger partial charge >= 0.3 is 17.9 Å². The Kier molecular flexibility index (Phi) is 18.6. The van der Waals surface area contributed by atoms with Crippen LogP contribution in [-0.2, 0) is 28.6 Å². The minimum absolute atomic E-state index is 0.00543. The molecule has 0 amide bonds. The number of rotatable bonds is 23. The average molecular weight is 557 g/mol. The van der Waals surface area contributed by atoms with E-state index in [0.29, 0.717) is 19.4 Å². The van der Waals surface area contributed by atoms with Gasteiger partial charge in [-0.15, -0.1) is 0 Å². The van der Waals surface area contributed by atoms with Crippen molar-refractivity contribution in [3.8, 4) is 0 Å². The lowest BCUT2D eigenvalue weighted by Gasteiger charge is -2.30. The second-order valence-electron chi connectivity index (χ2n) is 13.3. The molecule has 0 atom stereocenters. The van der Waals surface area contributed by atoms with Crippen LogP contribution in [0.1, 0.15) is 113 Å². The fraction of sp³-hybridized carbons (Fsp3) is 0.903. The number of carbonyl (C=O) groups is 3. The quantitative estimate of drug-likeness (QED) is 0.0963. The van der Waals surface area contributed by atoms with Gasteiger partial charge in [-0.25, -0.2) is 0 Å². The lowest BCUT2D eigenvalue weighted by atomic mass is 9.84. The summed E-state index contributed by atoms with van der Waals surface area (Å²) in [7, 11) is 4.06. The summed E-state index contributed by atoms with van der Waals surface area (Å²) < 4.78 is 16.9. The molecule has 0 aromatic rings. The first-order chi connectivity index (χ1) is 18.1. The van der Waals surface area contributed by atoms with Gasteiger partial charge in [0.25, 0.3) is 0 Å². The van der Waals surface area contributed by atoms with Gasteiger partial charge in [-0.05, 0) is 64.2 Å². The summed E-state index contributed by atoms with van der Waals surface area (Å²) in [5, 5.41) is 3.26. The molecule has 0 spiro atoms. The lowest BCUT2D eigenvalue weighted by molar-refractivity contribution is -0.162. The van der Waals surface area contributed by atoms with Gasteiger partial charge in [0, 0.05) is 6.54 Å². The third-order valence-electron chi connectivity index (χ3n) is 6.87. The Morgan fingerprint density at radius 1 is 0.667 bits per heavy atom. The molecule has 0 saturated carbocycles. The summed E-state index contributed by atoms with van der Waals surface area (Å²) in [6.45, 7) is 16.8. The molecule has 0 bridgehead atoms. The smallest absolute Gasteiger partial charge is 0.307 e. The predicted octanol–water partition coefficient (Wildman–Crippen LogP) is 5.77. The van der Waals surface area contributed by atoms with Crippen molar-refractivity contribution >= 4 is 17.9 Å². The normalized spacial score (nSPS) is 12.5. The molecule has 0 saturated heterocycles. The van der Waals surface area contributed by atoms with E-state index in [-0.39, 0.29) is 55.0 Å². The minimum atomic E-state index is -0.832. The molecule has 0 radical (unpaired) electrons. The number of nitrogens with zero attached hydrogens (tertiary/aromatic N) is 1. The first-order valence-corrected chi connectivity index (χ1v) is 15.0. The van der Waals surface area contributed by atoms with Crippen molar-refractivity contribution in [2.75, 3.05) is 53.6 Å². The number of carbonyl (C=O) groups excluding carboxylic acids is 3. The van der Waals surface area contributed by atoms with Crippen LogP contribution in [0.5, 0.6) is 0 Å². The van der Waals surface area contributed by atoms with Gasteiger partial charge in [0.15, 0.2) is 0 Å². The first kappa shape index (κ1) is 37.3. The van der Waals surface area contributed by atoms with E-state index in [1.54, 1.807) is 0 Å². The fourth-order valence-electron chi connectivity index (χ4n) is 4.17. The zero-order chi connectivity index (χ0) is 30.0. The Labute approximate surface area is 239 Å². The Balaban J connectivity index is 4.98. The highest BCUT2D eigenvalue weighted by molar-refractivity contribution is 5.71. The summed E-state index contributed by atoms with van der Waals surface area (Å²) in [5.74, 6) is -0.911. The molecule has 0 aliphatic rings. The van der Waals surface area contributed by atoms with E-state index in [2.05, 4.69) is 51.8 Å². The van der Waals surface area contributed by atoms with Crippen molar-refractivity contribution < 1.29 is 28.6 Å². The third-order valence-corrected chi connectivity index (χ3v) is 6.87. The highest BCUT2D eigenvalue weighted by Crippen LogP contribution is 2.30.